The Balaban J connectivity index is 1.41. The highest BCUT2D eigenvalue weighted by atomic mass is 16.2. The largest absolute Gasteiger partial charge is 0.352 e. The van der Waals surface area contributed by atoms with Crippen LogP contribution in [0.1, 0.15) is 28.8 Å². The SMILES string of the molecule is NC(Cc1ccccc1)C(=O)N1CCC(CNC(=O)c2cn[nH]c2)CC1. The summed E-state index contributed by atoms with van der Waals surface area (Å²) in [5, 5.41) is 9.33. The molecule has 7 nitrogen and oxygen atoms in total. The van der Waals surface area contributed by atoms with E-state index in [2.05, 4.69) is 15.5 Å². The van der Waals surface area contributed by atoms with Gasteiger partial charge in [0.25, 0.3) is 5.91 Å². The fraction of sp³-hybridized carbons (Fsp3) is 0.421. The van der Waals surface area contributed by atoms with Crippen molar-refractivity contribution in [3.8, 4) is 0 Å². The molecule has 1 unspecified atom stereocenters. The van der Waals surface area contributed by atoms with Gasteiger partial charge < -0.3 is 16.0 Å². The lowest BCUT2D eigenvalue weighted by molar-refractivity contribution is -0.133. The lowest BCUT2D eigenvalue weighted by atomic mass is 9.95. The number of rotatable bonds is 6. The first-order chi connectivity index (χ1) is 12.6. The Hall–Kier alpha value is -2.67. The number of H-pyrrole nitrogens is 1. The number of carbonyl (C=O) groups excluding carboxylic acids is 2. The average Bonchev–Trinajstić information content (AvgIpc) is 3.21. The Morgan fingerprint density at radius 1 is 1.27 bits per heavy atom. The van der Waals surface area contributed by atoms with Crippen molar-refractivity contribution in [2.24, 2.45) is 11.7 Å². The molecule has 1 aromatic heterocycles. The van der Waals surface area contributed by atoms with Gasteiger partial charge >= 0.3 is 0 Å². The minimum atomic E-state index is -0.505. The monoisotopic (exact) mass is 355 g/mol. The lowest BCUT2D eigenvalue weighted by Gasteiger charge is -2.33. The molecule has 26 heavy (non-hydrogen) atoms. The maximum atomic E-state index is 12.6. The van der Waals surface area contributed by atoms with E-state index in [0.29, 0.717) is 37.5 Å². The molecule has 1 aliphatic rings. The molecule has 138 valence electrons. The number of hydrogen-bond donors (Lipinski definition) is 3. The topological polar surface area (TPSA) is 104 Å². The summed E-state index contributed by atoms with van der Waals surface area (Å²) >= 11 is 0. The van der Waals surface area contributed by atoms with Crippen molar-refractivity contribution in [3.63, 3.8) is 0 Å². The van der Waals surface area contributed by atoms with Gasteiger partial charge in [0.1, 0.15) is 0 Å². The number of likely N-dealkylation sites (tertiary alicyclic amines) is 1. The van der Waals surface area contributed by atoms with Crippen molar-refractivity contribution in [1.29, 1.82) is 0 Å². The van der Waals surface area contributed by atoms with E-state index in [9.17, 15) is 9.59 Å². The molecule has 0 bridgehead atoms. The molecule has 1 fully saturated rings. The third kappa shape index (κ3) is 4.70. The van der Waals surface area contributed by atoms with Crippen molar-refractivity contribution in [3.05, 3.63) is 53.9 Å². The van der Waals surface area contributed by atoms with Crippen LogP contribution in [0, 0.1) is 5.92 Å². The summed E-state index contributed by atoms with van der Waals surface area (Å²) in [6.45, 7) is 1.99. The molecule has 2 amide bonds. The fourth-order valence-electron chi connectivity index (χ4n) is 3.26. The van der Waals surface area contributed by atoms with E-state index in [4.69, 9.17) is 5.73 Å². The number of piperidine rings is 1. The number of hydrogen-bond acceptors (Lipinski definition) is 4. The Kier molecular flexibility index (Phi) is 6.01. The normalized spacial score (nSPS) is 16.3. The van der Waals surface area contributed by atoms with E-state index in [0.717, 1.165) is 18.4 Å². The van der Waals surface area contributed by atoms with Crippen molar-refractivity contribution in [2.45, 2.75) is 25.3 Å². The van der Waals surface area contributed by atoms with Crippen molar-refractivity contribution < 1.29 is 9.59 Å². The van der Waals surface area contributed by atoms with Gasteiger partial charge in [0.2, 0.25) is 5.91 Å². The number of amides is 2. The quantitative estimate of drug-likeness (QED) is 0.717. The minimum Gasteiger partial charge on any atom is -0.352 e. The summed E-state index contributed by atoms with van der Waals surface area (Å²) < 4.78 is 0. The summed E-state index contributed by atoms with van der Waals surface area (Å²) in [5.41, 5.74) is 7.72. The number of nitrogens with two attached hydrogens (primary N) is 1. The predicted molar refractivity (Wildman–Crippen MR) is 98.3 cm³/mol. The molecule has 2 aromatic rings. The highest BCUT2D eigenvalue weighted by Crippen LogP contribution is 2.17. The summed E-state index contributed by atoms with van der Waals surface area (Å²) in [7, 11) is 0. The first-order valence-corrected chi connectivity index (χ1v) is 8.98. The fourth-order valence-corrected chi connectivity index (χ4v) is 3.26. The van der Waals surface area contributed by atoms with Gasteiger partial charge in [-0.15, -0.1) is 0 Å². The van der Waals surface area contributed by atoms with Crippen LogP contribution >= 0.6 is 0 Å². The van der Waals surface area contributed by atoms with E-state index in [1.165, 1.54) is 6.20 Å². The maximum absolute atomic E-state index is 12.6. The third-order valence-electron chi connectivity index (χ3n) is 4.85. The molecular formula is C19H25N5O2. The number of nitrogens with one attached hydrogen (secondary N) is 2. The molecule has 1 aromatic carbocycles. The summed E-state index contributed by atoms with van der Waals surface area (Å²) in [6, 6.07) is 9.33. The Labute approximate surface area is 153 Å². The second-order valence-corrected chi connectivity index (χ2v) is 6.76. The Bertz CT molecular complexity index is 709. The number of carbonyl (C=O) groups is 2. The molecule has 3 rings (SSSR count). The molecular weight excluding hydrogens is 330 g/mol. The maximum Gasteiger partial charge on any atom is 0.254 e. The van der Waals surface area contributed by atoms with E-state index < -0.39 is 6.04 Å². The second-order valence-electron chi connectivity index (χ2n) is 6.76. The molecule has 7 heteroatoms. The highest BCUT2D eigenvalue weighted by Gasteiger charge is 2.26. The summed E-state index contributed by atoms with van der Waals surface area (Å²) in [4.78, 5) is 26.3. The van der Waals surface area contributed by atoms with Gasteiger partial charge in [-0.05, 0) is 30.7 Å². The zero-order chi connectivity index (χ0) is 18.4. The second kappa shape index (κ2) is 8.62. The predicted octanol–water partition coefficient (Wildman–Crippen LogP) is 0.948. The van der Waals surface area contributed by atoms with Crippen LogP contribution in [-0.2, 0) is 11.2 Å². The molecule has 4 N–H and O–H groups in total. The van der Waals surface area contributed by atoms with Gasteiger partial charge in [0.15, 0.2) is 0 Å². The molecule has 0 radical (unpaired) electrons. The van der Waals surface area contributed by atoms with Crippen molar-refractivity contribution in [2.75, 3.05) is 19.6 Å². The van der Waals surface area contributed by atoms with E-state index >= 15 is 0 Å². The zero-order valence-electron chi connectivity index (χ0n) is 14.7. The van der Waals surface area contributed by atoms with Gasteiger partial charge in [-0.1, -0.05) is 30.3 Å². The van der Waals surface area contributed by atoms with Crippen LogP contribution in [0.2, 0.25) is 0 Å². The highest BCUT2D eigenvalue weighted by molar-refractivity contribution is 5.93. The first kappa shape index (κ1) is 18.1. The van der Waals surface area contributed by atoms with Gasteiger partial charge in [0.05, 0.1) is 17.8 Å². The number of aromatic nitrogens is 2. The molecule has 1 saturated heterocycles. The van der Waals surface area contributed by atoms with Gasteiger partial charge in [-0.2, -0.15) is 5.10 Å². The minimum absolute atomic E-state index is 0.00901. The van der Waals surface area contributed by atoms with Crippen molar-refractivity contribution in [1.82, 2.24) is 20.4 Å². The van der Waals surface area contributed by atoms with Crippen LogP contribution in [-0.4, -0.2) is 52.6 Å². The summed E-state index contributed by atoms with van der Waals surface area (Å²) in [6.07, 6.45) is 5.38. The van der Waals surface area contributed by atoms with Gasteiger partial charge in [0, 0.05) is 25.8 Å². The van der Waals surface area contributed by atoms with Crippen LogP contribution in [0.25, 0.3) is 0 Å². The molecule has 1 aliphatic heterocycles. The zero-order valence-corrected chi connectivity index (χ0v) is 14.7. The van der Waals surface area contributed by atoms with E-state index in [1.807, 2.05) is 35.2 Å². The third-order valence-corrected chi connectivity index (χ3v) is 4.85. The Morgan fingerprint density at radius 2 is 2.00 bits per heavy atom. The van der Waals surface area contributed by atoms with Crippen LogP contribution in [0.5, 0.6) is 0 Å². The standard InChI is InChI=1S/C19H25N5O2/c20-17(10-14-4-2-1-3-5-14)19(26)24-8-6-15(7-9-24)11-21-18(25)16-12-22-23-13-16/h1-5,12-13,15,17H,6-11,20H2,(H,21,25)(H,22,23). The number of aromatic amines is 1. The average molecular weight is 355 g/mol. The van der Waals surface area contributed by atoms with E-state index in [-0.39, 0.29) is 11.8 Å². The van der Waals surface area contributed by atoms with Crippen LogP contribution < -0.4 is 11.1 Å². The molecule has 0 saturated carbocycles. The molecule has 0 spiro atoms. The van der Waals surface area contributed by atoms with Crippen LogP contribution in [0.15, 0.2) is 42.7 Å². The van der Waals surface area contributed by atoms with Crippen molar-refractivity contribution >= 4 is 11.8 Å². The molecule has 0 aliphatic carbocycles. The first-order valence-electron chi connectivity index (χ1n) is 8.98. The van der Waals surface area contributed by atoms with E-state index in [1.54, 1.807) is 6.20 Å². The van der Waals surface area contributed by atoms with Crippen LogP contribution in [0.4, 0.5) is 0 Å². The van der Waals surface area contributed by atoms with Gasteiger partial charge in [-0.3, -0.25) is 14.7 Å². The Morgan fingerprint density at radius 3 is 2.65 bits per heavy atom. The summed E-state index contributed by atoms with van der Waals surface area (Å²) in [5.74, 6) is 0.261. The lowest BCUT2D eigenvalue weighted by Crippen LogP contribution is -2.49. The van der Waals surface area contributed by atoms with Gasteiger partial charge in [-0.25, -0.2) is 0 Å². The smallest absolute Gasteiger partial charge is 0.254 e. The molecule has 2 heterocycles. The number of nitrogens with zero attached hydrogens (tertiary/aromatic N) is 2. The van der Waals surface area contributed by atoms with Crippen LogP contribution in [0.3, 0.4) is 0 Å². The molecule has 1 atom stereocenters. The number of benzene rings is 1.